The second-order valence-corrected chi connectivity index (χ2v) is 3.90. The standard InChI is InChI=1S/C10H21NO3/c1-13-6-3-2-5-11-8-10(12)4-7-14-9-10/h11-12H,2-9H2,1H3. The molecule has 0 bridgehead atoms. The second-order valence-electron chi connectivity index (χ2n) is 3.90. The van der Waals surface area contributed by atoms with E-state index in [1.807, 2.05) is 0 Å². The molecule has 0 aliphatic carbocycles. The van der Waals surface area contributed by atoms with Crippen LogP contribution in [0.5, 0.6) is 0 Å². The molecule has 1 saturated heterocycles. The molecule has 0 radical (unpaired) electrons. The summed E-state index contributed by atoms with van der Waals surface area (Å²) in [7, 11) is 1.71. The molecule has 0 aromatic carbocycles. The summed E-state index contributed by atoms with van der Waals surface area (Å²) in [5.74, 6) is 0. The lowest BCUT2D eigenvalue weighted by atomic mass is 10.0. The van der Waals surface area contributed by atoms with Crippen LogP contribution in [-0.2, 0) is 9.47 Å². The van der Waals surface area contributed by atoms with Crippen LogP contribution in [-0.4, -0.2) is 50.7 Å². The summed E-state index contributed by atoms with van der Waals surface area (Å²) in [5, 5.41) is 13.1. The van der Waals surface area contributed by atoms with E-state index in [1.54, 1.807) is 7.11 Å². The highest BCUT2D eigenvalue weighted by atomic mass is 16.5. The Kier molecular flexibility index (Phi) is 5.40. The van der Waals surface area contributed by atoms with Gasteiger partial charge in [-0.15, -0.1) is 0 Å². The molecule has 1 heterocycles. The molecule has 0 aromatic heterocycles. The Labute approximate surface area is 85.6 Å². The summed E-state index contributed by atoms with van der Waals surface area (Å²) in [6.07, 6.45) is 2.90. The molecule has 0 saturated carbocycles. The van der Waals surface area contributed by atoms with Gasteiger partial charge in [-0.2, -0.15) is 0 Å². The molecule has 2 N–H and O–H groups in total. The van der Waals surface area contributed by atoms with Crippen LogP contribution in [0.15, 0.2) is 0 Å². The average molecular weight is 203 g/mol. The molecule has 84 valence electrons. The summed E-state index contributed by atoms with van der Waals surface area (Å²) in [6, 6.07) is 0. The first kappa shape index (κ1) is 11.9. The molecule has 1 unspecified atom stereocenters. The second kappa shape index (κ2) is 6.35. The summed E-state index contributed by atoms with van der Waals surface area (Å²) in [4.78, 5) is 0. The maximum atomic E-state index is 9.88. The van der Waals surface area contributed by atoms with Gasteiger partial charge in [-0.3, -0.25) is 0 Å². The summed E-state index contributed by atoms with van der Waals surface area (Å²) < 4.78 is 10.1. The molecule has 0 amide bonds. The van der Waals surface area contributed by atoms with E-state index in [9.17, 15) is 5.11 Å². The van der Waals surface area contributed by atoms with Gasteiger partial charge in [-0.05, 0) is 19.4 Å². The van der Waals surface area contributed by atoms with Crippen molar-refractivity contribution in [2.45, 2.75) is 24.9 Å². The van der Waals surface area contributed by atoms with Gasteiger partial charge in [0, 0.05) is 33.3 Å². The van der Waals surface area contributed by atoms with Gasteiger partial charge >= 0.3 is 0 Å². The van der Waals surface area contributed by atoms with Crippen LogP contribution >= 0.6 is 0 Å². The van der Waals surface area contributed by atoms with Crippen molar-refractivity contribution in [1.29, 1.82) is 0 Å². The van der Waals surface area contributed by atoms with Gasteiger partial charge in [-0.1, -0.05) is 0 Å². The summed E-state index contributed by atoms with van der Waals surface area (Å²) in [5.41, 5.74) is -0.624. The number of ether oxygens (including phenoxy) is 2. The van der Waals surface area contributed by atoms with Crippen LogP contribution < -0.4 is 5.32 Å². The van der Waals surface area contributed by atoms with Crippen molar-refractivity contribution in [3.05, 3.63) is 0 Å². The highest BCUT2D eigenvalue weighted by Gasteiger charge is 2.31. The predicted octanol–water partition coefficient (Wildman–Crippen LogP) is 0.154. The minimum Gasteiger partial charge on any atom is -0.386 e. The number of hydrogen-bond donors (Lipinski definition) is 2. The van der Waals surface area contributed by atoms with Crippen molar-refractivity contribution in [2.75, 3.05) is 40.0 Å². The fourth-order valence-corrected chi connectivity index (χ4v) is 1.55. The lowest BCUT2D eigenvalue weighted by molar-refractivity contribution is 0.0271. The van der Waals surface area contributed by atoms with Gasteiger partial charge in [0.2, 0.25) is 0 Å². The van der Waals surface area contributed by atoms with Gasteiger partial charge < -0.3 is 19.9 Å². The highest BCUT2D eigenvalue weighted by Crippen LogP contribution is 2.16. The Morgan fingerprint density at radius 2 is 2.36 bits per heavy atom. The van der Waals surface area contributed by atoms with Gasteiger partial charge in [0.1, 0.15) is 5.60 Å². The smallest absolute Gasteiger partial charge is 0.102 e. The van der Waals surface area contributed by atoms with Crippen LogP contribution in [0.1, 0.15) is 19.3 Å². The van der Waals surface area contributed by atoms with E-state index in [2.05, 4.69) is 5.32 Å². The molecule has 4 nitrogen and oxygen atoms in total. The fraction of sp³-hybridized carbons (Fsp3) is 1.00. The van der Waals surface area contributed by atoms with Crippen LogP contribution in [0.4, 0.5) is 0 Å². The van der Waals surface area contributed by atoms with Crippen molar-refractivity contribution in [3.8, 4) is 0 Å². The van der Waals surface area contributed by atoms with Crippen LogP contribution in [0.3, 0.4) is 0 Å². The molecule has 1 aliphatic heterocycles. The van der Waals surface area contributed by atoms with Gasteiger partial charge in [-0.25, -0.2) is 0 Å². The first-order valence-electron chi connectivity index (χ1n) is 5.27. The van der Waals surface area contributed by atoms with E-state index < -0.39 is 5.60 Å². The number of hydrogen-bond acceptors (Lipinski definition) is 4. The zero-order chi connectivity index (χ0) is 10.3. The largest absolute Gasteiger partial charge is 0.386 e. The molecular weight excluding hydrogens is 182 g/mol. The third-order valence-corrected chi connectivity index (χ3v) is 2.49. The summed E-state index contributed by atoms with van der Waals surface area (Å²) >= 11 is 0. The van der Waals surface area contributed by atoms with Crippen molar-refractivity contribution in [2.24, 2.45) is 0 Å². The van der Waals surface area contributed by atoms with Gasteiger partial charge in [0.05, 0.1) is 6.61 Å². The molecule has 1 rings (SSSR count). The van der Waals surface area contributed by atoms with E-state index in [-0.39, 0.29) is 0 Å². The van der Waals surface area contributed by atoms with E-state index >= 15 is 0 Å². The summed E-state index contributed by atoms with van der Waals surface area (Å²) in [6.45, 7) is 3.54. The minimum absolute atomic E-state index is 0.470. The van der Waals surface area contributed by atoms with Crippen molar-refractivity contribution < 1.29 is 14.6 Å². The molecule has 1 fully saturated rings. The number of aliphatic hydroxyl groups is 1. The van der Waals surface area contributed by atoms with E-state index in [0.717, 1.165) is 32.4 Å². The maximum Gasteiger partial charge on any atom is 0.102 e. The molecule has 1 atom stereocenters. The van der Waals surface area contributed by atoms with Gasteiger partial charge in [0.15, 0.2) is 0 Å². The number of methoxy groups -OCH3 is 1. The van der Waals surface area contributed by atoms with Gasteiger partial charge in [0.25, 0.3) is 0 Å². The first-order valence-corrected chi connectivity index (χ1v) is 5.27. The highest BCUT2D eigenvalue weighted by molar-refractivity contribution is 4.84. The van der Waals surface area contributed by atoms with Crippen LogP contribution in [0, 0.1) is 0 Å². The zero-order valence-corrected chi connectivity index (χ0v) is 8.92. The number of unbranched alkanes of at least 4 members (excludes halogenated alkanes) is 1. The SMILES string of the molecule is COCCCCNCC1(O)CCOC1. The van der Waals surface area contributed by atoms with Crippen molar-refractivity contribution >= 4 is 0 Å². The number of rotatable bonds is 7. The monoisotopic (exact) mass is 203 g/mol. The Morgan fingerprint density at radius 1 is 1.50 bits per heavy atom. The predicted molar refractivity (Wildman–Crippen MR) is 54.4 cm³/mol. The van der Waals surface area contributed by atoms with Crippen molar-refractivity contribution in [1.82, 2.24) is 5.32 Å². The molecular formula is C10H21NO3. The molecule has 0 aromatic rings. The molecule has 14 heavy (non-hydrogen) atoms. The number of nitrogens with one attached hydrogen (secondary N) is 1. The lowest BCUT2D eigenvalue weighted by Gasteiger charge is -2.20. The molecule has 0 spiro atoms. The average Bonchev–Trinajstić information content (AvgIpc) is 2.59. The van der Waals surface area contributed by atoms with Crippen LogP contribution in [0.2, 0.25) is 0 Å². The Balaban J connectivity index is 1.92. The Morgan fingerprint density at radius 3 is 3.00 bits per heavy atom. The molecule has 4 heteroatoms. The van der Waals surface area contributed by atoms with E-state index in [0.29, 0.717) is 19.8 Å². The fourth-order valence-electron chi connectivity index (χ4n) is 1.55. The minimum atomic E-state index is -0.624. The lowest BCUT2D eigenvalue weighted by Crippen LogP contribution is -2.41. The van der Waals surface area contributed by atoms with Crippen LogP contribution in [0.25, 0.3) is 0 Å². The topological polar surface area (TPSA) is 50.7 Å². The Bertz CT molecular complexity index is 146. The quantitative estimate of drug-likeness (QED) is 0.578. The normalized spacial score (nSPS) is 27.0. The first-order chi connectivity index (χ1) is 6.77. The Hall–Kier alpha value is -0.160. The van der Waals surface area contributed by atoms with E-state index in [1.165, 1.54) is 0 Å². The maximum absolute atomic E-state index is 9.88. The van der Waals surface area contributed by atoms with E-state index in [4.69, 9.17) is 9.47 Å². The van der Waals surface area contributed by atoms with Crippen molar-refractivity contribution in [3.63, 3.8) is 0 Å². The third kappa shape index (κ3) is 4.37. The third-order valence-electron chi connectivity index (χ3n) is 2.49. The molecule has 1 aliphatic rings. The zero-order valence-electron chi connectivity index (χ0n) is 8.92.